The van der Waals surface area contributed by atoms with Crippen molar-refractivity contribution in [2.45, 2.75) is 37.6 Å². The number of carbonyl (C=O) groups excluding carboxylic acids is 1. The SMILES string of the molecule is O=C(NC(C1CC1)C(F)(F)F)c1cn(-c2ncc(F)cc2F)c2nc(N3CC[C@H](O)C3)ccc2c1=O. The number of fused-ring (bicyclic) bond motifs is 1. The topological polar surface area (TPSA) is 100 Å². The van der Waals surface area contributed by atoms with E-state index in [1.807, 2.05) is 5.32 Å². The normalized spacial score (nSPS) is 19.1. The minimum atomic E-state index is -4.71. The Morgan fingerprint density at radius 3 is 2.56 bits per heavy atom. The van der Waals surface area contributed by atoms with E-state index in [2.05, 4.69) is 9.97 Å². The van der Waals surface area contributed by atoms with Gasteiger partial charge in [-0.2, -0.15) is 13.2 Å². The Balaban J connectivity index is 1.65. The predicted octanol–water partition coefficient (Wildman–Crippen LogP) is 2.70. The second-order valence-corrected chi connectivity index (χ2v) is 8.96. The van der Waals surface area contributed by atoms with Crippen molar-refractivity contribution in [1.29, 1.82) is 0 Å². The van der Waals surface area contributed by atoms with Crippen molar-refractivity contribution >= 4 is 22.8 Å². The number of aliphatic hydroxyl groups excluding tert-OH is 1. The number of anilines is 1. The van der Waals surface area contributed by atoms with Gasteiger partial charge in [0, 0.05) is 25.4 Å². The van der Waals surface area contributed by atoms with E-state index in [0.29, 0.717) is 24.8 Å². The molecule has 0 spiro atoms. The summed E-state index contributed by atoms with van der Waals surface area (Å²) in [4.78, 5) is 35.9. The third-order valence-corrected chi connectivity index (χ3v) is 6.32. The van der Waals surface area contributed by atoms with E-state index in [4.69, 9.17) is 0 Å². The van der Waals surface area contributed by atoms with Crippen LogP contribution in [-0.4, -0.2) is 57.0 Å². The summed E-state index contributed by atoms with van der Waals surface area (Å²) in [6.07, 6.45) is -2.66. The summed E-state index contributed by atoms with van der Waals surface area (Å²) in [6.45, 7) is 0.736. The molecule has 3 aromatic rings. The number of aromatic nitrogens is 3. The summed E-state index contributed by atoms with van der Waals surface area (Å²) in [5.41, 5.74) is -1.71. The zero-order chi connectivity index (χ0) is 25.8. The standard InChI is InChI=1S/C23H20F5N5O3/c24-12-7-16(25)21(29-8-12)33-10-15(22(36)31-19(11-1-2-11)23(26,27)28)18(35)14-3-4-17(30-20(14)33)32-6-5-13(34)9-32/h3-4,7-8,10-11,13,19,34H,1-2,5-6,9H2,(H,31,36)/t13-,19?/m0/s1. The molecule has 13 heteroatoms. The lowest BCUT2D eigenvalue weighted by atomic mass is 10.1. The van der Waals surface area contributed by atoms with E-state index in [-0.39, 0.29) is 30.4 Å². The summed E-state index contributed by atoms with van der Waals surface area (Å²) < 4.78 is 69.6. The summed E-state index contributed by atoms with van der Waals surface area (Å²) in [7, 11) is 0. The van der Waals surface area contributed by atoms with Gasteiger partial charge in [0.05, 0.1) is 17.7 Å². The first kappa shape index (κ1) is 24.1. The van der Waals surface area contributed by atoms with Gasteiger partial charge in [0.2, 0.25) is 5.43 Å². The number of halogens is 5. The van der Waals surface area contributed by atoms with E-state index in [1.165, 1.54) is 12.1 Å². The Kier molecular flexibility index (Phi) is 5.89. The number of amides is 1. The molecule has 36 heavy (non-hydrogen) atoms. The van der Waals surface area contributed by atoms with E-state index in [0.717, 1.165) is 17.0 Å². The molecule has 1 unspecified atom stereocenters. The first-order valence-electron chi connectivity index (χ1n) is 11.2. The van der Waals surface area contributed by atoms with Crippen LogP contribution >= 0.6 is 0 Å². The maximum absolute atomic E-state index is 14.7. The minimum absolute atomic E-state index is 0.136. The van der Waals surface area contributed by atoms with Gasteiger partial charge in [-0.1, -0.05) is 0 Å². The molecule has 8 nitrogen and oxygen atoms in total. The summed E-state index contributed by atoms with van der Waals surface area (Å²) >= 11 is 0. The number of rotatable bonds is 5. The molecular weight excluding hydrogens is 489 g/mol. The number of nitrogens with zero attached hydrogens (tertiary/aromatic N) is 4. The van der Waals surface area contributed by atoms with Crippen LogP contribution in [0.2, 0.25) is 0 Å². The number of alkyl halides is 3. The smallest absolute Gasteiger partial charge is 0.391 e. The highest BCUT2D eigenvalue weighted by Gasteiger charge is 2.49. The fourth-order valence-electron chi connectivity index (χ4n) is 4.34. The first-order chi connectivity index (χ1) is 17.0. The Morgan fingerprint density at radius 1 is 1.19 bits per heavy atom. The molecule has 1 saturated heterocycles. The second kappa shape index (κ2) is 8.80. The molecule has 0 bridgehead atoms. The summed E-state index contributed by atoms with van der Waals surface area (Å²) in [5, 5.41) is 11.6. The molecule has 1 amide bonds. The average molecular weight is 509 g/mol. The highest BCUT2D eigenvalue weighted by Crippen LogP contribution is 2.40. The van der Waals surface area contributed by atoms with Crippen molar-refractivity contribution in [1.82, 2.24) is 19.9 Å². The molecule has 3 aromatic heterocycles. The molecule has 0 radical (unpaired) electrons. The quantitative estimate of drug-likeness (QED) is 0.514. The Bertz CT molecular complexity index is 1410. The maximum Gasteiger partial charge on any atom is 0.408 e. The highest BCUT2D eigenvalue weighted by molar-refractivity contribution is 5.97. The van der Waals surface area contributed by atoms with Gasteiger partial charge in [-0.05, 0) is 37.3 Å². The van der Waals surface area contributed by atoms with E-state index in [9.17, 15) is 36.6 Å². The number of β-amino-alcohol motifs (C(OH)–C–C–N with tert-alkyl or cyclic N) is 1. The van der Waals surface area contributed by atoms with Crippen molar-refractivity contribution < 1.29 is 31.9 Å². The lowest BCUT2D eigenvalue weighted by molar-refractivity contribution is -0.158. The summed E-state index contributed by atoms with van der Waals surface area (Å²) in [5.74, 6) is -4.33. The maximum atomic E-state index is 14.7. The second-order valence-electron chi connectivity index (χ2n) is 8.96. The molecule has 1 aliphatic heterocycles. The van der Waals surface area contributed by atoms with Crippen LogP contribution in [-0.2, 0) is 0 Å². The Hall–Kier alpha value is -3.61. The molecule has 1 saturated carbocycles. The van der Waals surface area contributed by atoms with Gasteiger partial charge < -0.3 is 15.3 Å². The molecule has 0 aromatic carbocycles. The zero-order valence-corrected chi connectivity index (χ0v) is 18.6. The van der Waals surface area contributed by atoms with Crippen LogP contribution in [0.25, 0.3) is 16.9 Å². The monoisotopic (exact) mass is 509 g/mol. The van der Waals surface area contributed by atoms with Gasteiger partial charge in [0.15, 0.2) is 17.3 Å². The Morgan fingerprint density at radius 2 is 1.94 bits per heavy atom. The largest absolute Gasteiger partial charge is 0.408 e. The van der Waals surface area contributed by atoms with Crippen LogP contribution in [0.3, 0.4) is 0 Å². The highest BCUT2D eigenvalue weighted by atomic mass is 19.4. The molecule has 2 N–H and O–H groups in total. The van der Waals surface area contributed by atoms with Gasteiger partial charge in [-0.15, -0.1) is 0 Å². The number of nitrogens with one attached hydrogen (secondary N) is 1. The average Bonchev–Trinajstić information content (AvgIpc) is 3.56. The lowest BCUT2D eigenvalue weighted by Crippen LogP contribution is -2.48. The molecule has 2 atom stereocenters. The third kappa shape index (κ3) is 4.50. The van der Waals surface area contributed by atoms with Crippen molar-refractivity contribution in [3.05, 3.63) is 58.0 Å². The fraction of sp³-hybridized carbons (Fsp3) is 0.391. The van der Waals surface area contributed by atoms with Gasteiger partial charge in [-0.25, -0.2) is 18.7 Å². The molecule has 2 aliphatic rings. The molecular formula is C23H20F5N5O3. The molecule has 4 heterocycles. The van der Waals surface area contributed by atoms with Crippen LogP contribution in [0, 0.1) is 17.6 Å². The lowest BCUT2D eigenvalue weighted by Gasteiger charge is -2.22. The van der Waals surface area contributed by atoms with E-state index >= 15 is 0 Å². The van der Waals surface area contributed by atoms with Crippen LogP contribution in [0.15, 0.2) is 35.4 Å². The van der Waals surface area contributed by atoms with Crippen molar-refractivity contribution in [3.63, 3.8) is 0 Å². The number of hydrogen-bond acceptors (Lipinski definition) is 6. The molecule has 2 fully saturated rings. The van der Waals surface area contributed by atoms with Gasteiger partial charge >= 0.3 is 6.18 Å². The van der Waals surface area contributed by atoms with Gasteiger partial charge in [0.1, 0.15) is 23.2 Å². The van der Waals surface area contributed by atoms with Gasteiger partial charge in [0.25, 0.3) is 5.91 Å². The third-order valence-electron chi connectivity index (χ3n) is 6.32. The molecule has 190 valence electrons. The molecule has 1 aliphatic carbocycles. The van der Waals surface area contributed by atoms with Crippen LogP contribution in [0.4, 0.5) is 27.8 Å². The fourth-order valence-corrected chi connectivity index (χ4v) is 4.34. The van der Waals surface area contributed by atoms with E-state index in [1.54, 1.807) is 4.90 Å². The van der Waals surface area contributed by atoms with Crippen LogP contribution in [0.1, 0.15) is 29.6 Å². The summed E-state index contributed by atoms with van der Waals surface area (Å²) in [6, 6.07) is 1.20. The zero-order valence-electron chi connectivity index (χ0n) is 18.6. The Labute approximate surface area is 200 Å². The number of carbonyl (C=O) groups is 1. The van der Waals surface area contributed by atoms with Crippen LogP contribution < -0.4 is 15.6 Å². The number of aliphatic hydroxyl groups is 1. The molecule has 5 rings (SSSR count). The number of pyridine rings is 3. The first-order valence-corrected chi connectivity index (χ1v) is 11.2. The van der Waals surface area contributed by atoms with Crippen molar-refractivity contribution in [2.75, 3.05) is 18.0 Å². The minimum Gasteiger partial charge on any atom is -0.391 e. The number of hydrogen-bond donors (Lipinski definition) is 2. The predicted molar refractivity (Wildman–Crippen MR) is 118 cm³/mol. The van der Waals surface area contributed by atoms with Gasteiger partial charge in [-0.3, -0.25) is 14.2 Å². The van der Waals surface area contributed by atoms with Crippen LogP contribution in [0.5, 0.6) is 0 Å². The van der Waals surface area contributed by atoms with Crippen molar-refractivity contribution in [2.24, 2.45) is 5.92 Å². The van der Waals surface area contributed by atoms with E-state index < -0.39 is 58.6 Å². The van der Waals surface area contributed by atoms with Crippen molar-refractivity contribution in [3.8, 4) is 5.82 Å².